The highest BCUT2D eigenvalue weighted by atomic mass is 35.5. The van der Waals surface area contributed by atoms with Crippen LogP contribution in [0.1, 0.15) is 34.8 Å². The minimum absolute atomic E-state index is 0. The van der Waals surface area contributed by atoms with E-state index < -0.39 is 0 Å². The zero-order chi connectivity index (χ0) is 23.4. The molecule has 1 atom stereocenters. The van der Waals surface area contributed by atoms with E-state index in [0.29, 0.717) is 17.5 Å². The molecule has 0 aromatic heterocycles. The van der Waals surface area contributed by atoms with Crippen LogP contribution in [0.15, 0.2) is 54.6 Å². The molecule has 34 heavy (non-hydrogen) atoms. The number of amides is 1. The van der Waals surface area contributed by atoms with Crippen molar-refractivity contribution in [3.8, 4) is 11.5 Å². The fourth-order valence-corrected chi connectivity index (χ4v) is 4.66. The first-order chi connectivity index (χ1) is 16.0. The molecule has 0 spiro atoms. The summed E-state index contributed by atoms with van der Waals surface area (Å²) < 4.78 is 10.8. The summed E-state index contributed by atoms with van der Waals surface area (Å²) in [6, 6.07) is 19.4. The Labute approximate surface area is 209 Å². The molecular formula is C28H35ClN2O3. The van der Waals surface area contributed by atoms with Gasteiger partial charge in [0.1, 0.15) is 0 Å². The van der Waals surface area contributed by atoms with Crippen LogP contribution in [0.3, 0.4) is 0 Å². The van der Waals surface area contributed by atoms with E-state index in [9.17, 15) is 4.79 Å². The summed E-state index contributed by atoms with van der Waals surface area (Å²) in [6.07, 6.45) is 2.81. The Hall–Kier alpha value is -2.76. The summed E-state index contributed by atoms with van der Waals surface area (Å²) >= 11 is 0. The van der Waals surface area contributed by atoms with E-state index in [1.54, 1.807) is 14.2 Å². The van der Waals surface area contributed by atoms with Gasteiger partial charge < -0.3 is 19.3 Å². The van der Waals surface area contributed by atoms with E-state index in [4.69, 9.17) is 9.47 Å². The van der Waals surface area contributed by atoms with Gasteiger partial charge >= 0.3 is 0 Å². The second-order valence-electron chi connectivity index (χ2n) is 8.98. The highest BCUT2D eigenvalue weighted by Crippen LogP contribution is 2.33. The summed E-state index contributed by atoms with van der Waals surface area (Å²) in [7, 11) is 5.40. The normalized spacial score (nSPS) is 14.0. The number of benzene rings is 3. The number of rotatable bonds is 9. The molecule has 1 heterocycles. The summed E-state index contributed by atoms with van der Waals surface area (Å²) in [4.78, 5) is 17.4. The van der Waals surface area contributed by atoms with Crippen LogP contribution in [-0.4, -0.2) is 62.7 Å². The molecular weight excluding hydrogens is 448 g/mol. The van der Waals surface area contributed by atoms with Crippen molar-refractivity contribution in [3.05, 3.63) is 71.3 Å². The summed E-state index contributed by atoms with van der Waals surface area (Å²) in [5.41, 5.74) is 3.13. The molecule has 182 valence electrons. The van der Waals surface area contributed by atoms with Gasteiger partial charge in [-0.05, 0) is 73.8 Å². The predicted molar refractivity (Wildman–Crippen MR) is 141 cm³/mol. The first-order valence-electron chi connectivity index (χ1n) is 11.7. The summed E-state index contributed by atoms with van der Waals surface area (Å²) in [5, 5.41) is 2.58. The lowest BCUT2D eigenvalue weighted by molar-refractivity contribution is 0.0730. The lowest BCUT2D eigenvalue weighted by Crippen LogP contribution is -2.40. The van der Waals surface area contributed by atoms with Crippen LogP contribution in [0.2, 0.25) is 0 Å². The van der Waals surface area contributed by atoms with Crippen molar-refractivity contribution in [2.24, 2.45) is 0 Å². The second-order valence-corrected chi connectivity index (χ2v) is 8.98. The number of hydrogen-bond acceptors (Lipinski definition) is 4. The first kappa shape index (κ1) is 25.9. The van der Waals surface area contributed by atoms with Crippen LogP contribution in [0, 0.1) is 0 Å². The number of carbonyl (C=O) groups is 1. The van der Waals surface area contributed by atoms with Crippen molar-refractivity contribution >= 4 is 29.1 Å². The smallest absolute Gasteiger partial charge is 0.254 e. The van der Waals surface area contributed by atoms with Crippen LogP contribution >= 0.6 is 12.4 Å². The van der Waals surface area contributed by atoms with Crippen molar-refractivity contribution in [2.45, 2.75) is 32.2 Å². The Bertz CT molecular complexity index is 1130. The zero-order valence-electron chi connectivity index (χ0n) is 20.5. The standard InChI is InChI=1S/C28H34N2O3.ClH/c1-20(16-21-10-11-22-8-5-6-9-23(22)17-21)29(2)13-7-14-30-15-12-24-18-26(32-3)27(33-4)19-25(24)28(30)31;/h5-6,8-11,17-20H,7,12-16H2,1-4H3;1H. The number of methoxy groups -OCH3 is 2. The summed E-state index contributed by atoms with van der Waals surface area (Å²) in [5.74, 6) is 1.37. The third-order valence-electron chi connectivity index (χ3n) is 6.81. The van der Waals surface area contributed by atoms with Gasteiger partial charge in [-0.15, -0.1) is 12.4 Å². The molecule has 0 bridgehead atoms. The minimum atomic E-state index is 0. The lowest BCUT2D eigenvalue weighted by Gasteiger charge is -2.31. The number of halogens is 1. The molecule has 6 heteroatoms. The van der Waals surface area contributed by atoms with Crippen LogP contribution in [-0.2, 0) is 12.8 Å². The van der Waals surface area contributed by atoms with E-state index in [1.807, 2.05) is 17.0 Å². The summed E-state index contributed by atoms with van der Waals surface area (Å²) in [6.45, 7) is 4.74. The molecule has 1 aliphatic rings. The van der Waals surface area contributed by atoms with Crippen molar-refractivity contribution in [3.63, 3.8) is 0 Å². The molecule has 5 nitrogen and oxygen atoms in total. The van der Waals surface area contributed by atoms with Gasteiger partial charge in [-0.1, -0.05) is 42.5 Å². The second kappa shape index (κ2) is 11.6. The third-order valence-corrected chi connectivity index (χ3v) is 6.81. The fourth-order valence-electron chi connectivity index (χ4n) is 4.66. The maximum atomic E-state index is 13.1. The fraction of sp³-hybridized carbons (Fsp3) is 0.393. The monoisotopic (exact) mass is 482 g/mol. The van der Waals surface area contributed by atoms with Gasteiger partial charge in [-0.3, -0.25) is 4.79 Å². The number of fused-ring (bicyclic) bond motifs is 2. The molecule has 3 aromatic rings. The van der Waals surface area contributed by atoms with Crippen molar-refractivity contribution in [1.82, 2.24) is 9.80 Å². The molecule has 0 radical (unpaired) electrons. The van der Waals surface area contributed by atoms with Gasteiger partial charge in [-0.25, -0.2) is 0 Å². The quantitative estimate of drug-likeness (QED) is 0.419. The Kier molecular flexibility index (Phi) is 8.81. The lowest BCUT2D eigenvalue weighted by atomic mass is 9.98. The number of carbonyl (C=O) groups excluding carboxylic acids is 1. The average molecular weight is 483 g/mol. The van der Waals surface area contributed by atoms with Crippen molar-refractivity contribution in [1.29, 1.82) is 0 Å². The van der Waals surface area contributed by atoms with Crippen molar-refractivity contribution in [2.75, 3.05) is 40.9 Å². The third kappa shape index (κ3) is 5.65. The highest BCUT2D eigenvalue weighted by molar-refractivity contribution is 5.97. The largest absolute Gasteiger partial charge is 0.493 e. The van der Waals surface area contributed by atoms with Crippen LogP contribution in [0.4, 0.5) is 0 Å². The maximum absolute atomic E-state index is 13.1. The molecule has 0 N–H and O–H groups in total. The van der Waals surface area contributed by atoms with Crippen LogP contribution in [0.25, 0.3) is 10.8 Å². The average Bonchev–Trinajstić information content (AvgIpc) is 2.84. The topological polar surface area (TPSA) is 42.0 Å². The minimum Gasteiger partial charge on any atom is -0.493 e. The molecule has 3 aromatic carbocycles. The molecule has 0 saturated carbocycles. The maximum Gasteiger partial charge on any atom is 0.254 e. The Morgan fingerprint density at radius 3 is 2.44 bits per heavy atom. The number of ether oxygens (including phenoxy) is 2. The number of hydrogen-bond donors (Lipinski definition) is 0. The van der Waals surface area contributed by atoms with Gasteiger partial charge in [-0.2, -0.15) is 0 Å². The first-order valence-corrected chi connectivity index (χ1v) is 11.7. The van der Waals surface area contributed by atoms with Crippen LogP contribution < -0.4 is 9.47 Å². The van der Waals surface area contributed by atoms with Gasteiger partial charge in [0.15, 0.2) is 11.5 Å². The van der Waals surface area contributed by atoms with E-state index in [1.165, 1.54) is 16.3 Å². The molecule has 1 amide bonds. The number of likely N-dealkylation sites (N-methyl/N-ethyl adjacent to an activating group) is 1. The SMILES string of the molecule is COc1cc2c(cc1OC)C(=O)N(CCCN(C)C(C)Cc1ccc3ccccc3c1)CC2.Cl. The van der Waals surface area contributed by atoms with E-state index in [0.717, 1.165) is 50.0 Å². The molecule has 0 aliphatic carbocycles. The van der Waals surface area contributed by atoms with Gasteiger partial charge in [0, 0.05) is 24.7 Å². The zero-order valence-corrected chi connectivity index (χ0v) is 21.4. The Balaban J connectivity index is 0.00000324. The Morgan fingerprint density at radius 2 is 1.71 bits per heavy atom. The van der Waals surface area contributed by atoms with Gasteiger partial charge in [0.2, 0.25) is 0 Å². The molecule has 1 aliphatic heterocycles. The van der Waals surface area contributed by atoms with Crippen LogP contribution in [0.5, 0.6) is 11.5 Å². The number of nitrogens with zero attached hydrogens (tertiary/aromatic N) is 2. The Morgan fingerprint density at radius 1 is 1.00 bits per heavy atom. The molecule has 0 saturated heterocycles. The molecule has 0 fully saturated rings. The predicted octanol–water partition coefficient (Wildman–Crippen LogP) is 5.23. The molecule has 4 rings (SSSR count). The van der Waals surface area contributed by atoms with Crippen molar-refractivity contribution < 1.29 is 14.3 Å². The molecule has 1 unspecified atom stereocenters. The van der Waals surface area contributed by atoms with Gasteiger partial charge in [0.05, 0.1) is 14.2 Å². The van der Waals surface area contributed by atoms with E-state index >= 15 is 0 Å². The highest BCUT2D eigenvalue weighted by Gasteiger charge is 2.26. The van der Waals surface area contributed by atoms with E-state index in [-0.39, 0.29) is 18.3 Å². The van der Waals surface area contributed by atoms with Gasteiger partial charge in [0.25, 0.3) is 5.91 Å². The van der Waals surface area contributed by atoms with E-state index in [2.05, 4.69) is 61.3 Å².